The maximum atomic E-state index is 11.4. The summed E-state index contributed by atoms with van der Waals surface area (Å²) in [4.78, 5) is 13.0. The highest BCUT2D eigenvalue weighted by Gasteiger charge is 2.62. The Hall–Kier alpha value is -0.770. The molecule has 0 aromatic heterocycles. The topological polar surface area (TPSA) is 66.6 Å². The Morgan fingerprint density at radius 1 is 1.20 bits per heavy atom. The fourth-order valence-corrected chi connectivity index (χ4v) is 3.35. The van der Waals surface area contributed by atoms with Crippen molar-refractivity contribution in [1.82, 2.24) is 4.90 Å². The van der Waals surface area contributed by atoms with Crippen molar-refractivity contribution >= 4 is 6.09 Å². The molecular weight excluding hydrogens is 192 g/mol. The Labute approximate surface area is 90.4 Å². The highest BCUT2D eigenvalue weighted by Crippen LogP contribution is 2.53. The minimum atomic E-state index is -0.825. The third-order valence-electron chi connectivity index (χ3n) is 4.79. The third kappa shape index (κ3) is 1.14. The second-order valence-corrected chi connectivity index (χ2v) is 5.81. The van der Waals surface area contributed by atoms with Crippen LogP contribution in [0.5, 0.6) is 0 Å². The third-order valence-corrected chi connectivity index (χ3v) is 4.79. The lowest BCUT2D eigenvalue weighted by molar-refractivity contribution is -0.0217. The molecule has 15 heavy (non-hydrogen) atoms. The zero-order valence-corrected chi connectivity index (χ0v) is 9.71. The van der Waals surface area contributed by atoms with E-state index < -0.39 is 17.2 Å². The van der Waals surface area contributed by atoms with Crippen LogP contribution in [0.15, 0.2) is 0 Å². The fraction of sp³-hybridized carbons (Fsp3) is 0.909. The van der Waals surface area contributed by atoms with E-state index in [0.717, 1.165) is 25.7 Å². The van der Waals surface area contributed by atoms with Gasteiger partial charge < -0.3 is 10.8 Å². The van der Waals surface area contributed by atoms with E-state index in [1.807, 2.05) is 20.8 Å². The molecule has 3 atom stereocenters. The number of hydrogen-bond donors (Lipinski definition) is 2. The van der Waals surface area contributed by atoms with Crippen molar-refractivity contribution in [1.29, 1.82) is 0 Å². The molecule has 0 saturated carbocycles. The van der Waals surface area contributed by atoms with Crippen molar-refractivity contribution in [2.75, 3.05) is 0 Å². The molecule has 0 aromatic carbocycles. The van der Waals surface area contributed by atoms with Crippen LogP contribution in [0.2, 0.25) is 0 Å². The molecule has 1 amide bonds. The minimum absolute atomic E-state index is 0.195. The van der Waals surface area contributed by atoms with E-state index in [2.05, 4.69) is 0 Å². The lowest BCUT2D eigenvalue weighted by atomic mass is 9.72. The molecule has 2 aliphatic heterocycles. The maximum Gasteiger partial charge on any atom is 0.408 e. The first kappa shape index (κ1) is 10.7. The second-order valence-electron chi connectivity index (χ2n) is 5.81. The summed E-state index contributed by atoms with van der Waals surface area (Å²) in [6, 6.07) is 0. The number of carboxylic acid groups (broad SMARTS) is 1. The molecule has 4 nitrogen and oxygen atoms in total. The molecule has 0 aliphatic carbocycles. The molecule has 4 heteroatoms. The summed E-state index contributed by atoms with van der Waals surface area (Å²) in [6.45, 7) is 6.01. The van der Waals surface area contributed by atoms with Crippen LogP contribution >= 0.6 is 0 Å². The molecule has 2 aliphatic rings. The average molecular weight is 212 g/mol. The standard InChI is InChI=1S/C11H20N2O2/c1-9-4-6-10(2,12)11(3,7-5-9)13(9)8(14)15/h4-7,12H2,1-3H3,(H,14,15). The molecule has 3 N–H and O–H groups in total. The van der Waals surface area contributed by atoms with Gasteiger partial charge in [-0.1, -0.05) is 0 Å². The van der Waals surface area contributed by atoms with Crippen LogP contribution in [-0.2, 0) is 0 Å². The molecule has 2 rings (SSSR count). The van der Waals surface area contributed by atoms with Gasteiger partial charge in [0.2, 0.25) is 0 Å². The van der Waals surface area contributed by atoms with Crippen LogP contribution in [0.4, 0.5) is 4.79 Å². The molecule has 0 aromatic rings. The van der Waals surface area contributed by atoms with E-state index in [-0.39, 0.29) is 5.54 Å². The maximum absolute atomic E-state index is 11.4. The molecule has 3 unspecified atom stereocenters. The zero-order valence-electron chi connectivity index (χ0n) is 9.71. The normalized spacial score (nSPS) is 49.5. The highest BCUT2D eigenvalue weighted by atomic mass is 16.4. The molecule has 2 fully saturated rings. The van der Waals surface area contributed by atoms with E-state index in [0.29, 0.717) is 0 Å². The fourth-order valence-electron chi connectivity index (χ4n) is 3.35. The minimum Gasteiger partial charge on any atom is -0.465 e. The first-order valence-electron chi connectivity index (χ1n) is 5.55. The van der Waals surface area contributed by atoms with Crippen molar-refractivity contribution in [3.63, 3.8) is 0 Å². The Morgan fingerprint density at radius 3 is 2.20 bits per heavy atom. The summed E-state index contributed by atoms with van der Waals surface area (Å²) in [5.41, 5.74) is 5.28. The van der Waals surface area contributed by atoms with Crippen LogP contribution in [-0.4, -0.2) is 32.7 Å². The van der Waals surface area contributed by atoms with Gasteiger partial charge in [-0.25, -0.2) is 4.79 Å². The number of rotatable bonds is 0. The van der Waals surface area contributed by atoms with E-state index in [1.165, 1.54) is 0 Å². The molecule has 0 spiro atoms. The van der Waals surface area contributed by atoms with Crippen LogP contribution in [0.3, 0.4) is 0 Å². The van der Waals surface area contributed by atoms with Crippen LogP contribution in [0, 0.1) is 0 Å². The summed E-state index contributed by atoms with van der Waals surface area (Å²) in [7, 11) is 0. The molecule has 86 valence electrons. The van der Waals surface area contributed by atoms with Gasteiger partial charge in [0.1, 0.15) is 0 Å². The number of carbonyl (C=O) groups is 1. The van der Waals surface area contributed by atoms with Gasteiger partial charge in [0.25, 0.3) is 0 Å². The lowest BCUT2D eigenvalue weighted by Crippen LogP contribution is -2.70. The SMILES string of the molecule is CC12CCC(C)(N)C(C)(CC1)N2C(=O)O. The molecule has 2 bridgehead atoms. The number of amides is 1. The molecule has 2 heterocycles. The van der Waals surface area contributed by atoms with Gasteiger partial charge in [0.15, 0.2) is 0 Å². The number of hydrogen-bond acceptors (Lipinski definition) is 2. The molecular formula is C11H20N2O2. The number of piperidine rings is 1. The lowest BCUT2D eigenvalue weighted by Gasteiger charge is -2.55. The van der Waals surface area contributed by atoms with Crippen LogP contribution < -0.4 is 5.73 Å². The van der Waals surface area contributed by atoms with E-state index in [1.54, 1.807) is 4.90 Å². The smallest absolute Gasteiger partial charge is 0.408 e. The number of nitrogens with two attached hydrogens (primary N) is 1. The Kier molecular flexibility index (Phi) is 1.91. The van der Waals surface area contributed by atoms with Gasteiger partial charge in [0.05, 0.1) is 5.54 Å². The van der Waals surface area contributed by atoms with Gasteiger partial charge >= 0.3 is 6.09 Å². The predicted molar refractivity (Wildman–Crippen MR) is 57.7 cm³/mol. The Balaban J connectivity index is 2.48. The van der Waals surface area contributed by atoms with Gasteiger partial charge in [-0.2, -0.15) is 0 Å². The van der Waals surface area contributed by atoms with Gasteiger partial charge in [-0.15, -0.1) is 0 Å². The largest absolute Gasteiger partial charge is 0.465 e. The van der Waals surface area contributed by atoms with Crippen molar-refractivity contribution < 1.29 is 9.90 Å². The Bertz CT molecular complexity index is 316. The first-order valence-corrected chi connectivity index (χ1v) is 5.55. The zero-order chi connectivity index (χ0) is 11.5. The van der Waals surface area contributed by atoms with E-state index in [4.69, 9.17) is 5.73 Å². The monoisotopic (exact) mass is 212 g/mol. The quantitative estimate of drug-likeness (QED) is 0.643. The van der Waals surface area contributed by atoms with Crippen molar-refractivity contribution in [2.24, 2.45) is 5.73 Å². The van der Waals surface area contributed by atoms with Crippen LogP contribution in [0.1, 0.15) is 46.5 Å². The van der Waals surface area contributed by atoms with Gasteiger partial charge in [0, 0.05) is 11.1 Å². The van der Waals surface area contributed by atoms with Crippen molar-refractivity contribution in [2.45, 2.75) is 63.1 Å². The predicted octanol–water partition coefficient (Wildman–Crippen LogP) is 1.79. The van der Waals surface area contributed by atoms with Gasteiger partial charge in [-0.3, -0.25) is 4.90 Å². The number of nitrogens with zero attached hydrogens (tertiary/aromatic N) is 1. The van der Waals surface area contributed by atoms with Crippen molar-refractivity contribution in [3.8, 4) is 0 Å². The van der Waals surface area contributed by atoms with Crippen molar-refractivity contribution in [3.05, 3.63) is 0 Å². The highest BCUT2D eigenvalue weighted by molar-refractivity contribution is 5.69. The van der Waals surface area contributed by atoms with E-state index in [9.17, 15) is 9.90 Å². The summed E-state index contributed by atoms with van der Waals surface area (Å²) in [6.07, 6.45) is 2.77. The van der Waals surface area contributed by atoms with E-state index >= 15 is 0 Å². The summed E-state index contributed by atoms with van der Waals surface area (Å²) in [5, 5.41) is 9.35. The molecule has 0 radical (unpaired) electrons. The number of fused-ring (bicyclic) bond motifs is 2. The summed E-state index contributed by atoms with van der Waals surface area (Å²) < 4.78 is 0. The second kappa shape index (κ2) is 2.67. The Morgan fingerprint density at radius 2 is 1.73 bits per heavy atom. The van der Waals surface area contributed by atoms with Gasteiger partial charge in [-0.05, 0) is 46.5 Å². The summed E-state index contributed by atoms with van der Waals surface area (Å²) in [5.74, 6) is 0. The average Bonchev–Trinajstić information content (AvgIpc) is 2.33. The molecule has 2 saturated heterocycles. The first-order chi connectivity index (χ1) is 6.73. The summed E-state index contributed by atoms with van der Waals surface area (Å²) >= 11 is 0. The van der Waals surface area contributed by atoms with Crippen LogP contribution in [0.25, 0.3) is 0 Å².